The minimum absolute atomic E-state index is 0.665. The summed E-state index contributed by atoms with van der Waals surface area (Å²) in [5.74, 6) is 0.899. The number of nitrogens with zero attached hydrogens (tertiary/aromatic N) is 1. The van der Waals surface area contributed by atoms with Gasteiger partial charge in [-0.2, -0.15) is 0 Å². The lowest BCUT2D eigenvalue weighted by Gasteiger charge is -2.35. The first-order valence-electron chi connectivity index (χ1n) is 7.34. The SMILES string of the molecule is c1ccc2c([C@@H](C3CC3)N3CCNCC3)csc2c1. The number of hydrogen-bond donors (Lipinski definition) is 1. The lowest BCUT2D eigenvalue weighted by molar-refractivity contribution is 0.157. The van der Waals surface area contributed by atoms with Crippen molar-refractivity contribution in [2.45, 2.75) is 18.9 Å². The summed E-state index contributed by atoms with van der Waals surface area (Å²) in [5, 5.41) is 7.37. The van der Waals surface area contributed by atoms with Crippen LogP contribution in [0.1, 0.15) is 24.4 Å². The molecule has 1 atom stereocenters. The highest BCUT2D eigenvalue weighted by Crippen LogP contribution is 2.47. The van der Waals surface area contributed by atoms with Gasteiger partial charge < -0.3 is 5.32 Å². The summed E-state index contributed by atoms with van der Waals surface area (Å²) < 4.78 is 1.44. The van der Waals surface area contributed by atoms with Gasteiger partial charge in [0.15, 0.2) is 0 Å². The van der Waals surface area contributed by atoms with Crippen LogP contribution in [-0.2, 0) is 0 Å². The minimum atomic E-state index is 0.665. The number of nitrogens with one attached hydrogen (secondary N) is 1. The fourth-order valence-electron chi connectivity index (χ4n) is 3.35. The van der Waals surface area contributed by atoms with Gasteiger partial charge in [-0.15, -0.1) is 11.3 Å². The summed E-state index contributed by atoms with van der Waals surface area (Å²) in [6, 6.07) is 9.56. The van der Waals surface area contributed by atoms with Crippen LogP contribution in [0.3, 0.4) is 0 Å². The maximum Gasteiger partial charge on any atom is 0.0391 e. The first-order chi connectivity index (χ1) is 9.43. The van der Waals surface area contributed by atoms with Crippen molar-refractivity contribution >= 4 is 21.4 Å². The molecule has 19 heavy (non-hydrogen) atoms. The molecular weight excluding hydrogens is 252 g/mol. The van der Waals surface area contributed by atoms with Gasteiger partial charge in [-0.1, -0.05) is 18.2 Å². The summed E-state index contributed by atoms with van der Waals surface area (Å²) in [6.07, 6.45) is 2.83. The van der Waals surface area contributed by atoms with E-state index in [9.17, 15) is 0 Å². The highest BCUT2D eigenvalue weighted by atomic mass is 32.1. The maximum atomic E-state index is 3.47. The van der Waals surface area contributed by atoms with Crippen molar-refractivity contribution in [3.8, 4) is 0 Å². The molecule has 1 saturated heterocycles. The fourth-order valence-corrected chi connectivity index (χ4v) is 4.34. The van der Waals surface area contributed by atoms with Gasteiger partial charge in [-0.3, -0.25) is 4.90 Å². The van der Waals surface area contributed by atoms with Gasteiger partial charge >= 0.3 is 0 Å². The van der Waals surface area contributed by atoms with E-state index in [1.165, 1.54) is 36.0 Å². The van der Waals surface area contributed by atoms with E-state index in [4.69, 9.17) is 0 Å². The molecule has 3 heteroatoms. The van der Waals surface area contributed by atoms with Gasteiger partial charge in [0.05, 0.1) is 0 Å². The third-order valence-corrected chi connectivity index (χ3v) is 5.42. The van der Waals surface area contributed by atoms with Gasteiger partial charge in [0.1, 0.15) is 0 Å². The van der Waals surface area contributed by atoms with Crippen LogP contribution in [0, 0.1) is 5.92 Å². The summed E-state index contributed by atoms with van der Waals surface area (Å²) in [4.78, 5) is 2.71. The predicted molar refractivity (Wildman–Crippen MR) is 81.7 cm³/mol. The second-order valence-corrected chi connectivity index (χ2v) is 6.67. The molecule has 0 spiro atoms. The molecule has 1 aromatic carbocycles. The van der Waals surface area contributed by atoms with Gasteiger partial charge in [0, 0.05) is 36.9 Å². The number of benzene rings is 1. The second-order valence-electron chi connectivity index (χ2n) is 5.76. The molecule has 2 nitrogen and oxygen atoms in total. The Morgan fingerprint density at radius 2 is 1.95 bits per heavy atom. The van der Waals surface area contributed by atoms with Crippen molar-refractivity contribution in [2.24, 2.45) is 5.92 Å². The highest BCUT2D eigenvalue weighted by Gasteiger charge is 2.37. The van der Waals surface area contributed by atoms with Gasteiger partial charge in [0.2, 0.25) is 0 Å². The van der Waals surface area contributed by atoms with Gasteiger partial charge in [-0.25, -0.2) is 0 Å². The van der Waals surface area contributed by atoms with Crippen LogP contribution < -0.4 is 5.32 Å². The van der Waals surface area contributed by atoms with E-state index in [2.05, 4.69) is 39.9 Å². The molecule has 2 aliphatic rings. The van der Waals surface area contributed by atoms with Crippen molar-refractivity contribution in [3.05, 3.63) is 35.2 Å². The standard InChI is InChI=1S/C16H20N2S/c1-2-4-15-13(3-1)14(11-19-15)16(12-5-6-12)18-9-7-17-8-10-18/h1-4,11-12,16-17H,5-10H2/t16-/m1/s1. The predicted octanol–water partition coefficient (Wildman–Crippen LogP) is 3.26. The van der Waals surface area contributed by atoms with E-state index in [-0.39, 0.29) is 0 Å². The molecule has 2 fully saturated rings. The number of fused-ring (bicyclic) bond motifs is 1. The van der Waals surface area contributed by atoms with Crippen molar-refractivity contribution in [1.29, 1.82) is 0 Å². The second kappa shape index (κ2) is 4.89. The first kappa shape index (κ1) is 11.9. The van der Waals surface area contributed by atoms with Crippen LogP contribution in [0.4, 0.5) is 0 Å². The smallest absolute Gasteiger partial charge is 0.0391 e. The normalized spacial score (nSPS) is 22.7. The topological polar surface area (TPSA) is 15.3 Å². The van der Waals surface area contributed by atoms with Gasteiger partial charge in [-0.05, 0) is 41.2 Å². The third kappa shape index (κ3) is 2.20. The number of hydrogen-bond acceptors (Lipinski definition) is 3. The van der Waals surface area contributed by atoms with Crippen molar-refractivity contribution in [1.82, 2.24) is 10.2 Å². The van der Waals surface area contributed by atoms with E-state index in [0.29, 0.717) is 6.04 Å². The monoisotopic (exact) mass is 272 g/mol. The molecule has 1 saturated carbocycles. The molecule has 1 aromatic heterocycles. The fraction of sp³-hybridized carbons (Fsp3) is 0.500. The Hall–Kier alpha value is -0.900. The Kier molecular flexibility index (Phi) is 3.06. The Bertz CT molecular complexity index is 567. The van der Waals surface area contributed by atoms with Crippen LogP contribution >= 0.6 is 11.3 Å². The Labute approximate surface area is 118 Å². The summed E-state index contributed by atoms with van der Waals surface area (Å²) in [7, 11) is 0. The molecule has 2 aromatic rings. The van der Waals surface area contributed by atoms with E-state index >= 15 is 0 Å². The van der Waals surface area contributed by atoms with Crippen LogP contribution in [0.2, 0.25) is 0 Å². The number of rotatable bonds is 3. The molecular formula is C16H20N2S. The zero-order valence-corrected chi connectivity index (χ0v) is 12.0. The third-order valence-electron chi connectivity index (χ3n) is 4.44. The van der Waals surface area contributed by atoms with Crippen LogP contribution in [-0.4, -0.2) is 31.1 Å². The largest absolute Gasteiger partial charge is 0.314 e. The van der Waals surface area contributed by atoms with Crippen LogP contribution in [0.25, 0.3) is 10.1 Å². The lowest BCUT2D eigenvalue weighted by atomic mass is 9.99. The Balaban J connectivity index is 1.73. The number of piperazine rings is 1. The first-order valence-corrected chi connectivity index (χ1v) is 8.22. The molecule has 1 aliphatic heterocycles. The molecule has 1 N–H and O–H groups in total. The van der Waals surface area contributed by atoms with E-state index in [1.54, 1.807) is 5.56 Å². The molecule has 4 rings (SSSR count). The quantitative estimate of drug-likeness (QED) is 0.922. The van der Waals surface area contributed by atoms with E-state index in [1.807, 2.05) is 11.3 Å². The maximum absolute atomic E-state index is 3.47. The average molecular weight is 272 g/mol. The molecule has 0 bridgehead atoms. The van der Waals surface area contributed by atoms with E-state index < -0.39 is 0 Å². The molecule has 1 aliphatic carbocycles. The van der Waals surface area contributed by atoms with Gasteiger partial charge in [0.25, 0.3) is 0 Å². The van der Waals surface area contributed by atoms with Crippen LogP contribution in [0.5, 0.6) is 0 Å². The Morgan fingerprint density at radius 1 is 1.16 bits per heavy atom. The minimum Gasteiger partial charge on any atom is -0.314 e. The summed E-state index contributed by atoms with van der Waals surface area (Å²) in [6.45, 7) is 4.69. The zero-order valence-electron chi connectivity index (χ0n) is 11.1. The molecule has 0 unspecified atom stereocenters. The highest BCUT2D eigenvalue weighted by molar-refractivity contribution is 7.17. The lowest BCUT2D eigenvalue weighted by Crippen LogP contribution is -2.45. The summed E-state index contributed by atoms with van der Waals surface area (Å²) in [5.41, 5.74) is 1.59. The molecule has 0 amide bonds. The Morgan fingerprint density at radius 3 is 2.74 bits per heavy atom. The summed E-state index contributed by atoms with van der Waals surface area (Å²) >= 11 is 1.91. The molecule has 100 valence electrons. The van der Waals surface area contributed by atoms with Crippen molar-refractivity contribution in [2.75, 3.05) is 26.2 Å². The van der Waals surface area contributed by atoms with Crippen molar-refractivity contribution < 1.29 is 0 Å². The van der Waals surface area contributed by atoms with E-state index in [0.717, 1.165) is 19.0 Å². The molecule has 2 heterocycles. The molecule has 0 radical (unpaired) electrons. The van der Waals surface area contributed by atoms with Crippen LogP contribution in [0.15, 0.2) is 29.6 Å². The number of thiophene rings is 1. The van der Waals surface area contributed by atoms with Crippen molar-refractivity contribution in [3.63, 3.8) is 0 Å². The average Bonchev–Trinajstić information content (AvgIpc) is 3.21. The zero-order chi connectivity index (χ0) is 12.7.